The van der Waals surface area contributed by atoms with Gasteiger partial charge in [-0.2, -0.15) is 0 Å². The van der Waals surface area contributed by atoms with Crippen LogP contribution in [0.25, 0.3) is 11.7 Å². The highest BCUT2D eigenvalue weighted by Gasteiger charge is 2.22. The molecule has 0 saturated carbocycles. The average Bonchev–Trinajstić information content (AvgIpc) is 3.14. The highest BCUT2D eigenvalue weighted by atomic mass is 35.5. The van der Waals surface area contributed by atoms with Crippen LogP contribution in [0.15, 0.2) is 42.6 Å². The summed E-state index contributed by atoms with van der Waals surface area (Å²) in [4.78, 5) is 12.6. The van der Waals surface area contributed by atoms with Crippen LogP contribution < -0.4 is 14.8 Å². The van der Waals surface area contributed by atoms with E-state index in [-0.39, 0.29) is 17.9 Å². The number of hydrogen-bond donors (Lipinski definition) is 1. The zero-order valence-electron chi connectivity index (χ0n) is 17.4. The molecule has 0 aliphatic heterocycles. The molecule has 1 amide bonds. The molecule has 0 aliphatic rings. The minimum atomic E-state index is -0.294. The van der Waals surface area contributed by atoms with Gasteiger partial charge in [0.1, 0.15) is 0 Å². The Morgan fingerprint density at radius 1 is 1.30 bits per heavy atom. The first-order valence-electron chi connectivity index (χ1n) is 9.73. The summed E-state index contributed by atoms with van der Waals surface area (Å²) in [6, 6.07) is 8.89. The second kappa shape index (κ2) is 9.63. The third kappa shape index (κ3) is 4.74. The first-order chi connectivity index (χ1) is 14.4. The predicted octanol–water partition coefficient (Wildman–Crippen LogP) is 4.32. The number of fused-ring (bicyclic) bond motifs is 1. The number of halogens is 1. The molecule has 7 nitrogen and oxygen atoms in total. The monoisotopic (exact) mass is 428 g/mol. The van der Waals surface area contributed by atoms with Gasteiger partial charge in [0.25, 0.3) is 0 Å². The van der Waals surface area contributed by atoms with Crippen molar-refractivity contribution in [3.63, 3.8) is 0 Å². The molecule has 1 atom stereocenters. The number of nitrogens with one attached hydrogen (secondary N) is 1. The van der Waals surface area contributed by atoms with Gasteiger partial charge in [-0.1, -0.05) is 31.5 Å². The van der Waals surface area contributed by atoms with Gasteiger partial charge < -0.3 is 14.8 Å². The van der Waals surface area contributed by atoms with E-state index in [1.54, 1.807) is 18.2 Å². The normalized spacial score (nSPS) is 12.5. The molecule has 0 saturated heterocycles. The summed E-state index contributed by atoms with van der Waals surface area (Å²) in [6.45, 7) is 6.40. The lowest BCUT2D eigenvalue weighted by molar-refractivity contribution is -0.117. The van der Waals surface area contributed by atoms with Crippen LogP contribution in [-0.4, -0.2) is 34.2 Å². The van der Waals surface area contributed by atoms with Gasteiger partial charge in [-0.3, -0.25) is 9.20 Å². The van der Waals surface area contributed by atoms with Crippen molar-refractivity contribution in [2.24, 2.45) is 5.92 Å². The maximum Gasteiger partial charge on any atom is 0.244 e. The SMILES string of the molecule is CCOc1cc(/C=C/C(=O)N[C@@H](c2nnc3ccccn23)C(C)C)cc(Cl)c1OC. The number of benzene rings is 1. The first kappa shape index (κ1) is 21.6. The fourth-order valence-electron chi connectivity index (χ4n) is 3.12. The van der Waals surface area contributed by atoms with Crippen LogP contribution in [0.1, 0.15) is 38.2 Å². The minimum absolute atomic E-state index is 0.120. The number of methoxy groups -OCH3 is 1. The van der Waals surface area contributed by atoms with Crippen molar-refractivity contribution >= 4 is 29.2 Å². The van der Waals surface area contributed by atoms with Crippen LogP contribution >= 0.6 is 11.6 Å². The molecule has 3 rings (SSSR count). The van der Waals surface area contributed by atoms with Gasteiger partial charge in [0, 0.05) is 12.3 Å². The molecule has 3 aromatic rings. The number of rotatable bonds is 8. The second-order valence-electron chi connectivity index (χ2n) is 7.02. The van der Waals surface area contributed by atoms with Crippen molar-refractivity contribution in [3.8, 4) is 11.5 Å². The Bertz CT molecular complexity index is 1060. The molecule has 1 N–H and O–H groups in total. The molecule has 1 aromatic carbocycles. The highest BCUT2D eigenvalue weighted by Crippen LogP contribution is 2.36. The van der Waals surface area contributed by atoms with Crippen molar-refractivity contribution in [3.05, 3.63) is 59.0 Å². The Morgan fingerprint density at radius 3 is 2.80 bits per heavy atom. The molecule has 0 radical (unpaired) electrons. The van der Waals surface area contributed by atoms with Crippen LogP contribution in [0, 0.1) is 5.92 Å². The van der Waals surface area contributed by atoms with Gasteiger partial charge >= 0.3 is 0 Å². The summed E-state index contributed by atoms with van der Waals surface area (Å²) in [5.74, 6) is 1.57. The quantitative estimate of drug-likeness (QED) is 0.541. The highest BCUT2D eigenvalue weighted by molar-refractivity contribution is 6.32. The number of aromatic nitrogens is 3. The zero-order valence-corrected chi connectivity index (χ0v) is 18.2. The summed E-state index contributed by atoms with van der Waals surface area (Å²) >= 11 is 6.28. The van der Waals surface area contributed by atoms with E-state index in [9.17, 15) is 4.79 Å². The number of carbonyl (C=O) groups is 1. The van der Waals surface area contributed by atoms with E-state index in [1.807, 2.05) is 49.6 Å². The van der Waals surface area contributed by atoms with E-state index >= 15 is 0 Å². The third-order valence-corrected chi connectivity index (χ3v) is 4.83. The van der Waals surface area contributed by atoms with Gasteiger partial charge in [-0.15, -0.1) is 10.2 Å². The summed E-state index contributed by atoms with van der Waals surface area (Å²) in [6.07, 6.45) is 5.03. The minimum Gasteiger partial charge on any atom is -0.491 e. The molecule has 0 bridgehead atoms. The zero-order chi connectivity index (χ0) is 21.7. The van der Waals surface area contributed by atoms with Crippen LogP contribution in [0.2, 0.25) is 5.02 Å². The van der Waals surface area contributed by atoms with Crippen LogP contribution in [-0.2, 0) is 4.79 Å². The molecule has 0 unspecified atom stereocenters. The topological polar surface area (TPSA) is 77.8 Å². The van der Waals surface area contributed by atoms with Crippen molar-refractivity contribution in [1.82, 2.24) is 19.9 Å². The smallest absolute Gasteiger partial charge is 0.244 e. The van der Waals surface area contributed by atoms with Crippen molar-refractivity contribution in [2.75, 3.05) is 13.7 Å². The first-order valence-corrected chi connectivity index (χ1v) is 10.1. The molecule has 2 heterocycles. The summed E-state index contributed by atoms with van der Waals surface area (Å²) in [7, 11) is 1.53. The van der Waals surface area contributed by atoms with Gasteiger partial charge in [0.15, 0.2) is 23.0 Å². The third-order valence-electron chi connectivity index (χ3n) is 4.55. The van der Waals surface area contributed by atoms with Gasteiger partial charge in [-0.05, 0) is 48.7 Å². The summed E-state index contributed by atoms with van der Waals surface area (Å²) in [5.41, 5.74) is 1.47. The van der Waals surface area contributed by atoms with Crippen LogP contribution in [0.3, 0.4) is 0 Å². The average molecular weight is 429 g/mol. The fourth-order valence-corrected chi connectivity index (χ4v) is 3.42. The lowest BCUT2D eigenvalue weighted by Crippen LogP contribution is -2.31. The maximum absolute atomic E-state index is 12.6. The van der Waals surface area contributed by atoms with Gasteiger partial charge in [0.2, 0.25) is 5.91 Å². The van der Waals surface area contributed by atoms with E-state index in [2.05, 4.69) is 15.5 Å². The molecule has 2 aromatic heterocycles. The number of hydrogen-bond acceptors (Lipinski definition) is 5. The number of pyridine rings is 1. The lowest BCUT2D eigenvalue weighted by Gasteiger charge is -2.20. The molecular formula is C22H25ClN4O3. The van der Waals surface area contributed by atoms with Crippen molar-refractivity contribution in [1.29, 1.82) is 0 Å². The Kier molecular flexibility index (Phi) is 6.95. The number of ether oxygens (including phenoxy) is 2. The number of carbonyl (C=O) groups excluding carboxylic acids is 1. The molecular weight excluding hydrogens is 404 g/mol. The Morgan fingerprint density at radius 2 is 2.10 bits per heavy atom. The maximum atomic E-state index is 12.6. The molecule has 0 spiro atoms. The van der Waals surface area contributed by atoms with E-state index < -0.39 is 0 Å². The predicted molar refractivity (Wildman–Crippen MR) is 117 cm³/mol. The Hall–Kier alpha value is -3.06. The standard InChI is InChI=1S/C22H25ClN4O3/c1-5-30-17-13-15(12-16(23)21(17)29-4)9-10-19(28)24-20(14(2)3)22-26-25-18-8-6-7-11-27(18)22/h6-14,20H,5H2,1-4H3,(H,24,28)/b10-9+/t20-/m1/s1. The van der Waals surface area contributed by atoms with E-state index in [4.69, 9.17) is 21.1 Å². The lowest BCUT2D eigenvalue weighted by atomic mass is 10.0. The molecule has 30 heavy (non-hydrogen) atoms. The second-order valence-corrected chi connectivity index (χ2v) is 7.42. The fraction of sp³-hybridized carbons (Fsp3) is 0.318. The van der Waals surface area contributed by atoms with Gasteiger partial charge in [-0.25, -0.2) is 0 Å². The van der Waals surface area contributed by atoms with Crippen LogP contribution in [0.4, 0.5) is 0 Å². The van der Waals surface area contributed by atoms with E-state index in [1.165, 1.54) is 13.2 Å². The van der Waals surface area contributed by atoms with Crippen molar-refractivity contribution in [2.45, 2.75) is 26.8 Å². The number of amides is 1. The van der Waals surface area contributed by atoms with E-state index in [0.717, 1.165) is 11.2 Å². The van der Waals surface area contributed by atoms with Gasteiger partial charge in [0.05, 0.1) is 24.8 Å². The van der Waals surface area contributed by atoms with E-state index in [0.29, 0.717) is 29.0 Å². The molecule has 0 aliphatic carbocycles. The van der Waals surface area contributed by atoms with Crippen molar-refractivity contribution < 1.29 is 14.3 Å². The molecule has 0 fully saturated rings. The number of nitrogens with zero attached hydrogens (tertiary/aromatic N) is 3. The molecule has 8 heteroatoms. The summed E-state index contributed by atoms with van der Waals surface area (Å²) < 4.78 is 12.8. The molecule has 158 valence electrons. The van der Waals surface area contributed by atoms with Crippen LogP contribution in [0.5, 0.6) is 11.5 Å². The summed E-state index contributed by atoms with van der Waals surface area (Å²) in [5, 5.41) is 11.9. The Labute approximate surface area is 180 Å². The largest absolute Gasteiger partial charge is 0.491 e. The Balaban J connectivity index is 1.80.